The van der Waals surface area contributed by atoms with Gasteiger partial charge in [-0.25, -0.2) is 4.79 Å². The maximum atomic E-state index is 13.5. The summed E-state index contributed by atoms with van der Waals surface area (Å²) < 4.78 is 18.3. The normalized spacial score (nSPS) is 41.2. The van der Waals surface area contributed by atoms with Gasteiger partial charge in [0.25, 0.3) is 0 Å². The summed E-state index contributed by atoms with van der Waals surface area (Å²) in [5.74, 6) is -5.58. The smallest absolute Gasteiger partial charge is 0.340 e. The van der Waals surface area contributed by atoms with Crippen LogP contribution < -0.4 is 0 Å². The molecule has 52 heavy (non-hydrogen) atoms. The Morgan fingerprint density at radius 3 is 2.00 bits per heavy atom. The van der Waals surface area contributed by atoms with Crippen LogP contribution in [-0.4, -0.2) is 121 Å². The molecule has 0 unspecified atom stereocenters. The SMILES string of the molecule is CC[C@H]1OC(=O)[C@H](C)[C@@H](O)[C@H](C)[C@@H](O[C@@H]2O[C@H](C)C[C@H](N(C)C(=O)C(C)(C)C)[C@H]2O)[C@](C)(O)C[C@@H](C)/C(=N\OC(=O)C(C)(C)C)[C@H](C)[C@@H](O)[C@]1(C)O. The second-order valence-electron chi connectivity index (χ2n) is 17.9. The number of ether oxygens (including phenoxy) is 3. The van der Waals surface area contributed by atoms with Gasteiger partial charge in [0, 0.05) is 30.2 Å². The molecule has 14 nitrogen and oxygen atoms in total. The van der Waals surface area contributed by atoms with Crippen LogP contribution in [0.25, 0.3) is 0 Å². The molecule has 2 rings (SSSR count). The van der Waals surface area contributed by atoms with Crippen molar-refractivity contribution in [1.82, 2.24) is 4.90 Å². The molecule has 0 aromatic heterocycles. The number of aliphatic hydroxyl groups is 5. The Hall–Kier alpha value is -2.20. The van der Waals surface area contributed by atoms with Gasteiger partial charge in [0.2, 0.25) is 5.91 Å². The highest BCUT2D eigenvalue weighted by Gasteiger charge is 2.51. The summed E-state index contributed by atoms with van der Waals surface area (Å²) in [6, 6.07) is -0.700. The summed E-state index contributed by atoms with van der Waals surface area (Å²) >= 11 is 0. The van der Waals surface area contributed by atoms with Crippen LogP contribution in [0.5, 0.6) is 0 Å². The highest BCUT2D eigenvalue weighted by molar-refractivity contribution is 5.89. The molecule has 14 heteroatoms. The molecule has 0 aromatic carbocycles. The number of nitrogens with zero attached hydrogens (tertiary/aromatic N) is 2. The molecule has 0 aromatic rings. The van der Waals surface area contributed by atoms with Crippen LogP contribution in [0.3, 0.4) is 0 Å². The van der Waals surface area contributed by atoms with Crippen molar-refractivity contribution < 1.29 is 59.0 Å². The van der Waals surface area contributed by atoms with Crippen LogP contribution in [0, 0.1) is 34.5 Å². The number of aliphatic hydroxyl groups excluding tert-OH is 3. The molecule has 0 spiro atoms. The van der Waals surface area contributed by atoms with Crippen LogP contribution in [0.4, 0.5) is 0 Å². The fraction of sp³-hybridized carbons (Fsp3) is 0.895. The Kier molecular flexibility index (Phi) is 15.1. The maximum absolute atomic E-state index is 13.5. The summed E-state index contributed by atoms with van der Waals surface area (Å²) in [7, 11) is 1.61. The van der Waals surface area contributed by atoms with E-state index in [1.165, 1.54) is 25.7 Å². The monoisotopic (exact) mass is 744 g/mol. The van der Waals surface area contributed by atoms with Gasteiger partial charge in [-0.1, -0.05) is 53.6 Å². The number of esters is 1. The summed E-state index contributed by atoms with van der Waals surface area (Å²) in [5, 5.41) is 63.1. The summed E-state index contributed by atoms with van der Waals surface area (Å²) in [6.45, 7) is 22.9. The lowest BCUT2D eigenvalue weighted by atomic mass is 9.73. The van der Waals surface area contributed by atoms with Crippen LogP contribution in [0.2, 0.25) is 0 Å². The van der Waals surface area contributed by atoms with E-state index in [1.54, 1.807) is 83.2 Å². The zero-order chi connectivity index (χ0) is 40.5. The van der Waals surface area contributed by atoms with E-state index in [9.17, 15) is 39.9 Å². The molecule has 2 aliphatic rings. The predicted octanol–water partition coefficient (Wildman–Crippen LogP) is 3.18. The van der Waals surface area contributed by atoms with Crippen LogP contribution >= 0.6 is 0 Å². The van der Waals surface area contributed by atoms with E-state index in [0.29, 0.717) is 6.42 Å². The first-order chi connectivity index (χ1) is 23.5. The molecule has 1 amide bonds. The van der Waals surface area contributed by atoms with E-state index in [0.717, 1.165) is 0 Å². The molecule has 302 valence electrons. The summed E-state index contributed by atoms with van der Waals surface area (Å²) in [6.07, 6.45) is -8.44. The largest absolute Gasteiger partial charge is 0.459 e. The minimum Gasteiger partial charge on any atom is -0.459 e. The molecular formula is C38H68N2O12. The van der Waals surface area contributed by atoms with Crippen molar-refractivity contribution in [3.05, 3.63) is 0 Å². The standard InChI is InChI=1S/C38H68N2O12/c1-16-25-38(14,48)29(43)21(4)26(39-52-34(46)36(10,11)12)19(2)18-37(13,47)30(22(5)27(41)23(6)31(44)50-25)51-32-28(42)24(17-20(3)49-32)40(15)33(45)35(7,8)9/h19-25,27-30,32,41-43,47-48H,16-18H2,1-15H3/b39-26+/t19-,20-,21+,22+,23-,24+,25-,27+,28-,29-,30-,32+,37-,38-/m1/s1. The van der Waals surface area contributed by atoms with Gasteiger partial charge in [-0.2, -0.15) is 0 Å². The molecular weight excluding hydrogens is 676 g/mol. The van der Waals surface area contributed by atoms with Crippen molar-refractivity contribution >= 4 is 23.6 Å². The van der Waals surface area contributed by atoms with Gasteiger partial charge in [-0.05, 0) is 67.7 Å². The fourth-order valence-corrected chi connectivity index (χ4v) is 7.38. The Bertz CT molecular complexity index is 1270. The van der Waals surface area contributed by atoms with Crippen molar-refractivity contribution in [2.24, 2.45) is 39.7 Å². The van der Waals surface area contributed by atoms with E-state index >= 15 is 0 Å². The molecule has 0 aliphatic carbocycles. The van der Waals surface area contributed by atoms with E-state index < -0.39 is 107 Å². The van der Waals surface area contributed by atoms with Gasteiger partial charge < -0.3 is 49.5 Å². The first-order valence-corrected chi connectivity index (χ1v) is 18.6. The van der Waals surface area contributed by atoms with E-state index in [2.05, 4.69) is 5.16 Å². The topological polar surface area (TPSA) is 205 Å². The Balaban J connectivity index is 2.72. The lowest BCUT2D eigenvalue weighted by Crippen LogP contribution is -2.61. The van der Waals surface area contributed by atoms with Crippen molar-refractivity contribution in [2.75, 3.05) is 7.05 Å². The molecule has 0 bridgehead atoms. The molecule has 14 atom stereocenters. The molecule has 5 N–H and O–H groups in total. The van der Waals surface area contributed by atoms with E-state index in [1.807, 2.05) is 0 Å². The molecule has 0 radical (unpaired) electrons. The number of amides is 1. The number of carbonyl (C=O) groups is 3. The Labute approximate surface area is 310 Å². The predicted molar refractivity (Wildman–Crippen MR) is 194 cm³/mol. The van der Waals surface area contributed by atoms with Gasteiger partial charge in [-0.15, -0.1) is 0 Å². The number of oxime groups is 1. The average Bonchev–Trinajstić information content (AvgIpc) is 3.03. The van der Waals surface area contributed by atoms with Gasteiger partial charge in [0.1, 0.15) is 17.8 Å². The molecule has 2 fully saturated rings. The number of likely N-dealkylation sites (N-methyl/N-ethyl adjacent to an activating group) is 1. The lowest BCUT2D eigenvalue weighted by molar-refractivity contribution is -0.298. The van der Waals surface area contributed by atoms with Crippen molar-refractivity contribution in [3.63, 3.8) is 0 Å². The van der Waals surface area contributed by atoms with Gasteiger partial charge in [0.15, 0.2) is 6.29 Å². The van der Waals surface area contributed by atoms with Gasteiger partial charge in [0.05, 0.1) is 53.1 Å². The third-order valence-corrected chi connectivity index (χ3v) is 10.8. The highest BCUT2D eigenvalue weighted by atomic mass is 16.7. The zero-order valence-corrected chi connectivity index (χ0v) is 34.0. The second kappa shape index (κ2) is 17.1. The zero-order valence-electron chi connectivity index (χ0n) is 34.0. The quantitative estimate of drug-likeness (QED) is 0.157. The Morgan fingerprint density at radius 1 is 0.942 bits per heavy atom. The van der Waals surface area contributed by atoms with E-state index in [4.69, 9.17) is 19.0 Å². The minimum absolute atomic E-state index is 0.116. The first-order valence-electron chi connectivity index (χ1n) is 18.6. The summed E-state index contributed by atoms with van der Waals surface area (Å²) in [5.41, 5.74) is -5.37. The molecule has 2 saturated heterocycles. The molecule has 0 saturated carbocycles. The van der Waals surface area contributed by atoms with Crippen molar-refractivity contribution in [3.8, 4) is 0 Å². The maximum Gasteiger partial charge on any atom is 0.340 e. The number of hydrogen-bond acceptors (Lipinski definition) is 13. The second-order valence-corrected chi connectivity index (χ2v) is 17.9. The number of carbonyl (C=O) groups excluding carboxylic acids is 3. The lowest BCUT2D eigenvalue weighted by Gasteiger charge is -2.48. The van der Waals surface area contributed by atoms with Gasteiger partial charge >= 0.3 is 11.9 Å². The van der Waals surface area contributed by atoms with Crippen LogP contribution in [0.15, 0.2) is 5.16 Å². The number of cyclic esters (lactones) is 1. The average molecular weight is 745 g/mol. The summed E-state index contributed by atoms with van der Waals surface area (Å²) in [4.78, 5) is 46.4. The third-order valence-electron chi connectivity index (χ3n) is 10.8. The first kappa shape index (κ1) is 46.0. The van der Waals surface area contributed by atoms with Gasteiger partial charge in [-0.3, -0.25) is 9.59 Å². The van der Waals surface area contributed by atoms with Crippen LogP contribution in [0.1, 0.15) is 116 Å². The van der Waals surface area contributed by atoms with Crippen molar-refractivity contribution in [1.29, 1.82) is 0 Å². The Morgan fingerprint density at radius 2 is 1.50 bits per heavy atom. The third kappa shape index (κ3) is 10.5. The molecule has 2 aliphatic heterocycles. The molecule has 2 heterocycles. The number of hydrogen-bond donors (Lipinski definition) is 5. The number of rotatable bonds is 5. The fourth-order valence-electron chi connectivity index (χ4n) is 7.38. The van der Waals surface area contributed by atoms with Crippen LogP contribution in [-0.2, 0) is 33.4 Å². The van der Waals surface area contributed by atoms with E-state index in [-0.39, 0.29) is 24.5 Å². The highest BCUT2D eigenvalue weighted by Crippen LogP contribution is 2.38. The minimum atomic E-state index is -2.00. The van der Waals surface area contributed by atoms with Crippen molar-refractivity contribution in [2.45, 2.75) is 176 Å².